The molecule has 0 aromatic rings. The van der Waals surface area contributed by atoms with Crippen LogP contribution in [0.1, 0.15) is 20.3 Å². The Hall–Kier alpha value is 0.270. The molecule has 0 aliphatic heterocycles. The second-order valence-electron chi connectivity index (χ2n) is 2.92. The van der Waals surface area contributed by atoms with Crippen LogP contribution in [-0.2, 0) is 0 Å². The summed E-state index contributed by atoms with van der Waals surface area (Å²) in [6, 6.07) is 0. The van der Waals surface area contributed by atoms with E-state index in [4.69, 9.17) is 5.11 Å². The molecule has 0 rings (SSSR count). The van der Waals surface area contributed by atoms with E-state index in [-0.39, 0.29) is 12.1 Å². The minimum Gasteiger partial charge on any atom is -0.394 e. The van der Waals surface area contributed by atoms with E-state index in [0.717, 1.165) is 17.9 Å². The summed E-state index contributed by atoms with van der Waals surface area (Å²) in [5, 5.41) is 12.1. The molecule has 0 aromatic heterocycles. The van der Waals surface area contributed by atoms with Crippen LogP contribution in [0.3, 0.4) is 0 Å². The topological polar surface area (TPSA) is 32.3 Å². The van der Waals surface area contributed by atoms with Gasteiger partial charge in [-0.2, -0.15) is 11.8 Å². The smallest absolute Gasteiger partial charge is 0.0610 e. The molecule has 1 atom stereocenters. The van der Waals surface area contributed by atoms with Gasteiger partial charge >= 0.3 is 0 Å². The van der Waals surface area contributed by atoms with Crippen molar-refractivity contribution >= 4 is 11.8 Å². The highest BCUT2D eigenvalue weighted by Gasteiger charge is 2.19. The second kappa shape index (κ2) is 5.86. The van der Waals surface area contributed by atoms with Gasteiger partial charge in [0.05, 0.1) is 6.61 Å². The summed E-state index contributed by atoms with van der Waals surface area (Å²) in [5.41, 5.74) is -0.0812. The Labute approximate surface area is 73.8 Å². The molecule has 0 aromatic carbocycles. The molecular weight excluding hydrogens is 158 g/mol. The fourth-order valence-corrected chi connectivity index (χ4v) is 1.61. The summed E-state index contributed by atoms with van der Waals surface area (Å²) in [6.07, 6.45) is 1.03. The first-order valence-corrected chi connectivity index (χ1v) is 5.21. The average Bonchev–Trinajstić information content (AvgIpc) is 2.05. The maximum atomic E-state index is 9.01. The molecule has 68 valence electrons. The van der Waals surface area contributed by atoms with E-state index in [9.17, 15) is 0 Å². The zero-order chi connectivity index (χ0) is 8.74. The lowest BCUT2D eigenvalue weighted by atomic mass is 10.0. The van der Waals surface area contributed by atoms with Crippen molar-refractivity contribution in [3.05, 3.63) is 0 Å². The molecule has 0 heterocycles. The Morgan fingerprint density at radius 1 is 1.55 bits per heavy atom. The van der Waals surface area contributed by atoms with E-state index < -0.39 is 0 Å². The maximum absolute atomic E-state index is 9.01. The number of rotatable bonds is 6. The number of aliphatic hydroxyl groups excluding tert-OH is 1. The van der Waals surface area contributed by atoms with Crippen LogP contribution in [0.2, 0.25) is 0 Å². The zero-order valence-electron chi connectivity index (χ0n) is 7.68. The van der Waals surface area contributed by atoms with Gasteiger partial charge < -0.3 is 10.4 Å². The van der Waals surface area contributed by atoms with E-state index in [2.05, 4.69) is 12.2 Å². The molecule has 0 bridgehead atoms. The minimum absolute atomic E-state index is 0.0812. The lowest BCUT2D eigenvalue weighted by Crippen LogP contribution is -2.43. The molecular formula is C8H19NOS. The lowest BCUT2D eigenvalue weighted by Gasteiger charge is -2.26. The van der Waals surface area contributed by atoms with Crippen molar-refractivity contribution in [3.8, 4) is 0 Å². The number of nitrogens with one attached hydrogen (secondary N) is 1. The molecule has 0 spiro atoms. The van der Waals surface area contributed by atoms with Crippen LogP contribution in [0.25, 0.3) is 0 Å². The maximum Gasteiger partial charge on any atom is 0.0610 e. The molecule has 0 saturated carbocycles. The Balaban J connectivity index is 3.51. The van der Waals surface area contributed by atoms with Gasteiger partial charge in [0.15, 0.2) is 0 Å². The van der Waals surface area contributed by atoms with Crippen molar-refractivity contribution in [2.24, 2.45) is 0 Å². The van der Waals surface area contributed by atoms with Crippen molar-refractivity contribution in [3.63, 3.8) is 0 Å². The van der Waals surface area contributed by atoms with Crippen LogP contribution in [-0.4, -0.2) is 35.8 Å². The monoisotopic (exact) mass is 177 g/mol. The van der Waals surface area contributed by atoms with Crippen molar-refractivity contribution in [2.45, 2.75) is 25.8 Å². The molecule has 0 amide bonds. The largest absolute Gasteiger partial charge is 0.394 e. The summed E-state index contributed by atoms with van der Waals surface area (Å²) in [5.74, 6) is 2.28. The second-order valence-corrected chi connectivity index (χ2v) is 4.31. The average molecular weight is 177 g/mol. The Morgan fingerprint density at radius 3 is 2.55 bits per heavy atom. The van der Waals surface area contributed by atoms with E-state index in [1.54, 1.807) is 0 Å². The highest BCUT2D eigenvalue weighted by molar-refractivity contribution is 7.99. The number of hydrogen-bond acceptors (Lipinski definition) is 3. The third-order valence-electron chi connectivity index (χ3n) is 1.95. The molecule has 0 radical (unpaired) electrons. The normalized spacial score (nSPS) is 16.4. The first-order chi connectivity index (χ1) is 5.18. The fraction of sp³-hybridized carbons (Fsp3) is 1.00. The molecule has 2 nitrogen and oxygen atoms in total. The SMILES string of the molecule is CCSCCC(C)(CO)NC. The molecule has 3 heteroatoms. The van der Waals surface area contributed by atoms with Gasteiger partial charge in [-0.05, 0) is 31.9 Å². The predicted octanol–water partition coefficient (Wildman–Crippen LogP) is 1.10. The van der Waals surface area contributed by atoms with E-state index in [1.807, 2.05) is 25.7 Å². The van der Waals surface area contributed by atoms with Gasteiger partial charge in [-0.3, -0.25) is 0 Å². The van der Waals surface area contributed by atoms with Gasteiger partial charge in [-0.15, -0.1) is 0 Å². The van der Waals surface area contributed by atoms with Crippen molar-refractivity contribution < 1.29 is 5.11 Å². The standard InChI is InChI=1S/C8H19NOS/c1-4-11-6-5-8(2,7-10)9-3/h9-10H,4-7H2,1-3H3. The van der Waals surface area contributed by atoms with Crippen LogP contribution >= 0.6 is 11.8 Å². The quantitative estimate of drug-likeness (QED) is 0.596. The van der Waals surface area contributed by atoms with Gasteiger partial charge in [-0.25, -0.2) is 0 Å². The summed E-state index contributed by atoms with van der Waals surface area (Å²) in [7, 11) is 1.90. The third-order valence-corrected chi connectivity index (χ3v) is 2.86. The van der Waals surface area contributed by atoms with Gasteiger partial charge in [0, 0.05) is 5.54 Å². The van der Waals surface area contributed by atoms with E-state index >= 15 is 0 Å². The highest BCUT2D eigenvalue weighted by atomic mass is 32.2. The predicted molar refractivity (Wildman–Crippen MR) is 52.2 cm³/mol. The van der Waals surface area contributed by atoms with Gasteiger partial charge in [0.1, 0.15) is 0 Å². The molecule has 0 fully saturated rings. The zero-order valence-corrected chi connectivity index (χ0v) is 8.50. The van der Waals surface area contributed by atoms with Crippen LogP contribution in [0.15, 0.2) is 0 Å². The number of thioether (sulfide) groups is 1. The summed E-state index contributed by atoms with van der Waals surface area (Å²) in [6.45, 7) is 4.41. The summed E-state index contributed by atoms with van der Waals surface area (Å²) in [4.78, 5) is 0. The molecule has 0 aliphatic rings. The van der Waals surface area contributed by atoms with Crippen molar-refractivity contribution in [1.82, 2.24) is 5.32 Å². The van der Waals surface area contributed by atoms with Crippen LogP contribution in [0.5, 0.6) is 0 Å². The van der Waals surface area contributed by atoms with Crippen molar-refractivity contribution in [1.29, 1.82) is 0 Å². The van der Waals surface area contributed by atoms with Gasteiger partial charge in [0.25, 0.3) is 0 Å². The Bertz CT molecular complexity index is 94.1. The van der Waals surface area contributed by atoms with Crippen molar-refractivity contribution in [2.75, 3.05) is 25.2 Å². The van der Waals surface area contributed by atoms with Crippen LogP contribution in [0, 0.1) is 0 Å². The number of aliphatic hydroxyl groups is 1. The molecule has 0 saturated heterocycles. The summed E-state index contributed by atoms with van der Waals surface area (Å²) >= 11 is 1.91. The molecule has 11 heavy (non-hydrogen) atoms. The van der Waals surface area contributed by atoms with Gasteiger partial charge in [0.2, 0.25) is 0 Å². The molecule has 0 aliphatic carbocycles. The minimum atomic E-state index is -0.0812. The first kappa shape index (κ1) is 11.3. The molecule has 2 N–H and O–H groups in total. The van der Waals surface area contributed by atoms with Gasteiger partial charge in [-0.1, -0.05) is 6.92 Å². The molecule has 1 unspecified atom stereocenters. The van der Waals surface area contributed by atoms with E-state index in [0.29, 0.717) is 0 Å². The van der Waals surface area contributed by atoms with Crippen LogP contribution in [0.4, 0.5) is 0 Å². The number of likely N-dealkylation sites (N-methyl/N-ethyl adjacent to an activating group) is 1. The Kier molecular flexibility index (Phi) is 6.01. The lowest BCUT2D eigenvalue weighted by molar-refractivity contribution is 0.179. The van der Waals surface area contributed by atoms with E-state index in [1.165, 1.54) is 0 Å². The summed E-state index contributed by atoms with van der Waals surface area (Å²) < 4.78 is 0. The van der Waals surface area contributed by atoms with Crippen LogP contribution < -0.4 is 5.32 Å². The number of hydrogen-bond donors (Lipinski definition) is 2. The highest BCUT2D eigenvalue weighted by Crippen LogP contribution is 2.12. The first-order valence-electron chi connectivity index (χ1n) is 4.06. The Morgan fingerprint density at radius 2 is 2.18 bits per heavy atom. The third kappa shape index (κ3) is 4.67. The fourth-order valence-electron chi connectivity index (χ4n) is 0.725.